The topological polar surface area (TPSA) is 56.1 Å². The van der Waals surface area contributed by atoms with Crippen LogP contribution in [-0.2, 0) is 24.2 Å². The fourth-order valence-corrected chi connectivity index (χ4v) is 4.60. The Balaban J connectivity index is 1.39. The molecule has 2 aliphatic rings. The molecule has 0 bridgehead atoms. The van der Waals surface area contributed by atoms with Crippen LogP contribution in [0.2, 0.25) is 5.02 Å². The van der Waals surface area contributed by atoms with Gasteiger partial charge in [0.1, 0.15) is 12.2 Å². The zero-order valence-electron chi connectivity index (χ0n) is 15.6. The molecule has 5 rings (SSSR count). The third kappa shape index (κ3) is 3.32. The Morgan fingerprint density at radius 1 is 1.11 bits per heavy atom. The number of hydrogen-bond donors (Lipinski definition) is 0. The summed E-state index contributed by atoms with van der Waals surface area (Å²) in [5.41, 5.74) is 3.28. The van der Waals surface area contributed by atoms with Crippen LogP contribution in [0.1, 0.15) is 11.4 Å². The highest BCUT2D eigenvalue weighted by atomic mass is 35.5. The number of halogens is 1. The van der Waals surface area contributed by atoms with E-state index in [0.29, 0.717) is 0 Å². The number of imidazole rings is 1. The molecule has 1 fully saturated rings. The quantitative estimate of drug-likeness (QED) is 0.682. The van der Waals surface area contributed by atoms with Gasteiger partial charge in [0.25, 0.3) is 0 Å². The van der Waals surface area contributed by atoms with Crippen molar-refractivity contribution in [3.63, 3.8) is 0 Å². The molecule has 144 valence electrons. The molecule has 1 aromatic carbocycles. The van der Waals surface area contributed by atoms with E-state index >= 15 is 0 Å². The molecule has 0 radical (unpaired) electrons. The minimum atomic E-state index is 0.0335. The van der Waals surface area contributed by atoms with Crippen molar-refractivity contribution in [2.24, 2.45) is 5.41 Å². The SMILES string of the molecule is Clc1ccccc1CN1CCOCC2(Cc3ncc(-c4cncnc4)n3C2)C1. The van der Waals surface area contributed by atoms with Crippen LogP contribution < -0.4 is 0 Å². The van der Waals surface area contributed by atoms with Crippen LogP contribution in [0.5, 0.6) is 0 Å². The average Bonchev–Trinajstić information content (AvgIpc) is 3.17. The first-order valence-corrected chi connectivity index (χ1v) is 9.94. The highest BCUT2D eigenvalue weighted by molar-refractivity contribution is 6.31. The monoisotopic (exact) mass is 395 g/mol. The van der Waals surface area contributed by atoms with Crippen molar-refractivity contribution in [3.8, 4) is 11.3 Å². The lowest BCUT2D eigenvalue weighted by molar-refractivity contribution is 0.0668. The lowest BCUT2D eigenvalue weighted by Gasteiger charge is -2.31. The zero-order chi connectivity index (χ0) is 19.0. The summed E-state index contributed by atoms with van der Waals surface area (Å²) in [6.07, 6.45) is 8.09. The van der Waals surface area contributed by atoms with Gasteiger partial charge in [0.15, 0.2) is 0 Å². The molecule has 6 nitrogen and oxygen atoms in total. The summed E-state index contributed by atoms with van der Waals surface area (Å²) < 4.78 is 8.34. The standard InChI is InChI=1S/C21H22ClN5O/c22-18-4-2-1-3-16(18)11-26-5-6-28-14-21(12-26)7-20-25-10-19(27(20)13-21)17-8-23-15-24-9-17/h1-4,8-10,15H,5-7,11-14H2. The molecule has 2 aliphatic heterocycles. The van der Waals surface area contributed by atoms with E-state index in [1.807, 2.05) is 36.8 Å². The normalized spacial score (nSPS) is 22.3. The Labute approximate surface area is 169 Å². The van der Waals surface area contributed by atoms with Crippen molar-refractivity contribution in [1.29, 1.82) is 0 Å². The summed E-state index contributed by atoms with van der Waals surface area (Å²) >= 11 is 6.40. The summed E-state index contributed by atoms with van der Waals surface area (Å²) in [5.74, 6) is 1.11. The van der Waals surface area contributed by atoms with Crippen molar-refractivity contribution < 1.29 is 4.74 Å². The van der Waals surface area contributed by atoms with Gasteiger partial charge in [-0.1, -0.05) is 29.8 Å². The third-order valence-electron chi connectivity index (χ3n) is 5.69. The van der Waals surface area contributed by atoms with Crippen LogP contribution in [0.25, 0.3) is 11.3 Å². The predicted octanol–water partition coefficient (Wildman–Crippen LogP) is 3.07. The average molecular weight is 396 g/mol. The van der Waals surface area contributed by atoms with Gasteiger partial charge in [-0.15, -0.1) is 0 Å². The number of fused-ring (bicyclic) bond motifs is 1. The molecule has 1 saturated heterocycles. The molecule has 28 heavy (non-hydrogen) atoms. The molecule has 0 amide bonds. The molecule has 1 atom stereocenters. The first-order chi connectivity index (χ1) is 13.7. The van der Waals surface area contributed by atoms with E-state index in [4.69, 9.17) is 16.3 Å². The van der Waals surface area contributed by atoms with Gasteiger partial charge < -0.3 is 9.30 Å². The Bertz CT molecular complexity index is 976. The van der Waals surface area contributed by atoms with E-state index in [1.54, 1.807) is 6.33 Å². The number of ether oxygens (including phenoxy) is 1. The minimum absolute atomic E-state index is 0.0335. The van der Waals surface area contributed by atoms with E-state index in [-0.39, 0.29) is 5.41 Å². The second-order valence-corrected chi connectivity index (χ2v) is 8.21. The third-order valence-corrected chi connectivity index (χ3v) is 6.06. The van der Waals surface area contributed by atoms with E-state index in [0.717, 1.165) is 67.9 Å². The molecular weight excluding hydrogens is 374 g/mol. The van der Waals surface area contributed by atoms with Crippen molar-refractivity contribution in [3.05, 3.63) is 65.6 Å². The first-order valence-electron chi connectivity index (χ1n) is 9.56. The van der Waals surface area contributed by atoms with Gasteiger partial charge >= 0.3 is 0 Å². The second kappa shape index (κ2) is 7.28. The molecule has 0 N–H and O–H groups in total. The molecule has 1 unspecified atom stereocenters. The van der Waals surface area contributed by atoms with E-state index < -0.39 is 0 Å². The summed E-state index contributed by atoms with van der Waals surface area (Å²) in [7, 11) is 0. The second-order valence-electron chi connectivity index (χ2n) is 7.80. The molecule has 4 heterocycles. The van der Waals surface area contributed by atoms with Crippen LogP contribution in [0.15, 0.2) is 49.2 Å². The highest BCUT2D eigenvalue weighted by Gasteiger charge is 2.42. The van der Waals surface area contributed by atoms with Crippen LogP contribution in [-0.4, -0.2) is 50.7 Å². The van der Waals surface area contributed by atoms with Crippen molar-refractivity contribution in [1.82, 2.24) is 24.4 Å². The van der Waals surface area contributed by atoms with Gasteiger partial charge in [-0.25, -0.2) is 15.0 Å². The summed E-state index contributed by atoms with van der Waals surface area (Å²) in [5, 5.41) is 0.826. The summed E-state index contributed by atoms with van der Waals surface area (Å²) in [6, 6.07) is 8.09. The number of rotatable bonds is 3. The lowest BCUT2D eigenvalue weighted by atomic mass is 9.86. The first kappa shape index (κ1) is 17.8. The maximum absolute atomic E-state index is 6.40. The molecule has 0 saturated carbocycles. The van der Waals surface area contributed by atoms with Crippen LogP contribution in [0, 0.1) is 5.41 Å². The Hall–Kier alpha value is -2.28. The number of hydrogen-bond acceptors (Lipinski definition) is 5. The van der Waals surface area contributed by atoms with Crippen LogP contribution in [0.4, 0.5) is 0 Å². The Kier molecular flexibility index (Phi) is 4.62. The smallest absolute Gasteiger partial charge is 0.115 e. The van der Waals surface area contributed by atoms with Gasteiger partial charge in [0.2, 0.25) is 0 Å². The molecule has 3 aromatic rings. The zero-order valence-corrected chi connectivity index (χ0v) is 16.3. The molecular formula is C21H22ClN5O. The van der Waals surface area contributed by atoms with Gasteiger partial charge in [-0.2, -0.15) is 0 Å². The minimum Gasteiger partial charge on any atom is -0.379 e. The largest absolute Gasteiger partial charge is 0.379 e. The van der Waals surface area contributed by atoms with Crippen LogP contribution in [0.3, 0.4) is 0 Å². The maximum Gasteiger partial charge on any atom is 0.115 e. The predicted molar refractivity (Wildman–Crippen MR) is 107 cm³/mol. The number of nitrogens with zero attached hydrogens (tertiary/aromatic N) is 5. The summed E-state index contributed by atoms with van der Waals surface area (Å²) in [4.78, 5) is 15.5. The van der Waals surface area contributed by atoms with Crippen LogP contribution >= 0.6 is 11.6 Å². The lowest BCUT2D eigenvalue weighted by Crippen LogP contribution is -2.39. The van der Waals surface area contributed by atoms with Gasteiger partial charge in [0, 0.05) is 61.0 Å². The highest BCUT2D eigenvalue weighted by Crippen LogP contribution is 2.38. The van der Waals surface area contributed by atoms with E-state index in [9.17, 15) is 0 Å². The van der Waals surface area contributed by atoms with E-state index in [2.05, 4.69) is 30.5 Å². The Morgan fingerprint density at radius 3 is 2.82 bits per heavy atom. The van der Waals surface area contributed by atoms with Crippen molar-refractivity contribution >= 4 is 11.6 Å². The molecule has 0 aliphatic carbocycles. The van der Waals surface area contributed by atoms with E-state index in [1.165, 1.54) is 5.56 Å². The van der Waals surface area contributed by atoms with Crippen molar-refractivity contribution in [2.45, 2.75) is 19.5 Å². The fraction of sp³-hybridized carbons (Fsp3) is 0.381. The number of aromatic nitrogens is 4. The maximum atomic E-state index is 6.40. The van der Waals surface area contributed by atoms with Gasteiger partial charge in [0.05, 0.1) is 25.1 Å². The molecule has 1 spiro atoms. The summed E-state index contributed by atoms with van der Waals surface area (Å²) in [6.45, 7) is 5.10. The molecule has 2 aromatic heterocycles. The number of benzene rings is 1. The van der Waals surface area contributed by atoms with Crippen molar-refractivity contribution in [2.75, 3.05) is 26.3 Å². The fourth-order valence-electron chi connectivity index (χ4n) is 4.41. The Morgan fingerprint density at radius 2 is 1.96 bits per heavy atom. The molecule has 7 heteroatoms. The van der Waals surface area contributed by atoms with Gasteiger partial charge in [-0.3, -0.25) is 4.90 Å². The van der Waals surface area contributed by atoms with Gasteiger partial charge in [-0.05, 0) is 11.6 Å².